The smallest absolute Gasteiger partial charge is 0.143 e. The Morgan fingerprint density at radius 3 is 2.81 bits per heavy atom. The van der Waals surface area contributed by atoms with Gasteiger partial charge in [0.05, 0.1) is 5.41 Å². The molecule has 0 saturated heterocycles. The van der Waals surface area contributed by atoms with Crippen molar-refractivity contribution >= 4 is 17.4 Å². The summed E-state index contributed by atoms with van der Waals surface area (Å²) in [4.78, 5) is 12.2. The molecule has 1 fully saturated rings. The molecule has 0 radical (unpaired) electrons. The van der Waals surface area contributed by atoms with Gasteiger partial charge in [0.1, 0.15) is 5.78 Å². The van der Waals surface area contributed by atoms with Crippen LogP contribution in [0.1, 0.15) is 44.6 Å². The van der Waals surface area contributed by atoms with Crippen LogP contribution in [-0.4, -0.2) is 5.78 Å². The summed E-state index contributed by atoms with van der Waals surface area (Å²) in [5.41, 5.74) is 0.843. The van der Waals surface area contributed by atoms with Crippen LogP contribution in [0.3, 0.4) is 0 Å². The molecule has 0 bridgehead atoms. The molecule has 0 aromatic heterocycles. The monoisotopic (exact) mass is 236 g/mol. The zero-order valence-corrected chi connectivity index (χ0v) is 10.4. The van der Waals surface area contributed by atoms with E-state index < -0.39 is 0 Å². The van der Waals surface area contributed by atoms with Gasteiger partial charge in [-0.3, -0.25) is 4.79 Å². The first kappa shape index (κ1) is 11.7. The van der Waals surface area contributed by atoms with Crippen molar-refractivity contribution < 1.29 is 4.79 Å². The Balaban J connectivity index is 2.44. The molecule has 1 aliphatic rings. The number of benzene rings is 1. The minimum Gasteiger partial charge on any atom is -0.299 e. The predicted octanol–water partition coefficient (Wildman–Crippen LogP) is 4.13. The second-order valence-corrected chi connectivity index (χ2v) is 5.01. The van der Waals surface area contributed by atoms with Crippen LogP contribution in [0.25, 0.3) is 0 Å². The highest BCUT2D eigenvalue weighted by molar-refractivity contribution is 6.30. The fraction of sp³-hybridized carbons (Fsp3) is 0.500. The summed E-state index contributed by atoms with van der Waals surface area (Å²) >= 11 is 6.02. The van der Waals surface area contributed by atoms with Crippen molar-refractivity contribution in [1.82, 2.24) is 0 Å². The van der Waals surface area contributed by atoms with Crippen molar-refractivity contribution in [3.8, 4) is 0 Å². The summed E-state index contributed by atoms with van der Waals surface area (Å²) in [7, 11) is 0. The summed E-state index contributed by atoms with van der Waals surface area (Å²) in [5, 5.41) is 0.726. The second kappa shape index (κ2) is 4.58. The van der Waals surface area contributed by atoms with Crippen molar-refractivity contribution in [3.05, 3.63) is 34.9 Å². The van der Waals surface area contributed by atoms with E-state index in [1.807, 2.05) is 24.3 Å². The van der Waals surface area contributed by atoms with Crippen molar-refractivity contribution in [2.45, 2.75) is 44.4 Å². The minimum absolute atomic E-state index is 0.261. The Morgan fingerprint density at radius 2 is 2.19 bits per heavy atom. The molecule has 1 aliphatic carbocycles. The molecule has 1 atom stereocenters. The van der Waals surface area contributed by atoms with E-state index >= 15 is 0 Å². The van der Waals surface area contributed by atoms with Gasteiger partial charge >= 0.3 is 0 Å². The van der Waals surface area contributed by atoms with Gasteiger partial charge in [-0.15, -0.1) is 0 Å². The molecule has 1 nitrogen and oxygen atoms in total. The lowest BCUT2D eigenvalue weighted by Gasteiger charge is -2.35. The summed E-state index contributed by atoms with van der Waals surface area (Å²) in [5.74, 6) is 0.392. The lowest BCUT2D eigenvalue weighted by atomic mass is 9.67. The maximum atomic E-state index is 12.2. The first-order chi connectivity index (χ1) is 7.69. The number of carbonyl (C=O) groups is 1. The van der Waals surface area contributed by atoms with Gasteiger partial charge in [-0.05, 0) is 37.0 Å². The van der Waals surface area contributed by atoms with Crippen LogP contribution in [0.4, 0.5) is 0 Å². The molecule has 1 saturated carbocycles. The number of Topliss-reactive ketones (excluding diaryl/α,β-unsaturated/α-hetero) is 1. The van der Waals surface area contributed by atoms with E-state index in [0.29, 0.717) is 5.78 Å². The third-order valence-electron chi connectivity index (χ3n) is 3.77. The highest BCUT2D eigenvalue weighted by Gasteiger charge is 2.39. The predicted molar refractivity (Wildman–Crippen MR) is 66.9 cm³/mol. The number of hydrogen-bond donors (Lipinski definition) is 0. The Morgan fingerprint density at radius 1 is 1.38 bits per heavy atom. The van der Waals surface area contributed by atoms with Gasteiger partial charge in [0, 0.05) is 11.4 Å². The lowest BCUT2D eigenvalue weighted by molar-refractivity contribution is -0.126. The summed E-state index contributed by atoms with van der Waals surface area (Å²) in [6, 6.07) is 7.80. The summed E-state index contributed by atoms with van der Waals surface area (Å²) < 4.78 is 0. The highest BCUT2D eigenvalue weighted by atomic mass is 35.5. The molecule has 1 aromatic rings. The number of rotatable bonds is 2. The van der Waals surface area contributed by atoms with Crippen LogP contribution >= 0.6 is 11.6 Å². The van der Waals surface area contributed by atoms with Gasteiger partial charge < -0.3 is 0 Å². The fourth-order valence-corrected chi connectivity index (χ4v) is 2.95. The standard InChI is InChI=1S/C14H17ClO/c1-2-14(9-4-3-8-13(14)16)11-6-5-7-12(15)10-11/h5-7,10H,2-4,8-9H2,1H3. The third kappa shape index (κ3) is 1.89. The Hall–Kier alpha value is -0.820. The topological polar surface area (TPSA) is 17.1 Å². The van der Waals surface area contributed by atoms with Crippen LogP contribution in [0.2, 0.25) is 5.02 Å². The summed E-state index contributed by atoms with van der Waals surface area (Å²) in [6.45, 7) is 2.10. The van der Waals surface area contributed by atoms with Crippen LogP contribution in [0.15, 0.2) is 24.3 Å². The van der Waals surface area contributed by atoms with E-state index in [4.69, 9.17) is 11.6 Å². The molecule has 2 rings (SSSR count). The van der Waals surface area contributed by atoms with Crippen molar-refractivity contribution in [1.29, 1.82) is 0 Å². The van der Waals surface area contributed by atoms with E-state index in [1.165, 1.54) is 0 Å². The molecule has 16 heavy (non-hydrogen) atoms. The van der Waals surface area contributed by atoms with Gasteiger partial charge in [0.25, 0.3) is 0 Å². The molecule has 2 heteroatoms. The highest BCUT2D eigenvalue weighted by Crippen LogP contribution is 2.40. The number of halogens is 1. The molecule has 0 aliphatic heterocycles. The Kier molecular flexibility index (Phi) is 3.34. The molecule has 0 N–H and O–H groups in total. The van der Waals surface area contributed by atoms with Gasteiger partial charge in [-0.25, -0.2) is 0 Å². The number of hydrogen-bond acceptors (Lipinski definition) is 1. The van der Waals surface area contributed by atoms with Crippen LogP contribution in [0.5, 0.6) is 0 Å². The molecular weight excluding hydrogens is 220 g/mol. The zero-order valence-electron chi connectivity index (χ0n) is 9.63. The van der Waals surface area contributed by atoms with E-state index in [9.17, 15) is 4.79 Å². The third-order valence-corrected chi connectivity index (χ3v) is 4.01. The maximum absolute atomic E-state index is 12.2. The van der Waals surface area contributed by atoms with Gasteiger partial charge in [-0.2, -0.15) is 0 Å². The first-order valence-corrected chi connectivity index (χ1v) is 6.36. The van der Waals surface area contributed by atoms with Crippen molar-refractivity contribution in [2.24, 2.45) is 0 Å². The largest absolute Gasteiger partial charge is 0.299 e. The molecular formula is C14H17ClO. The lowest BCUT2D eigenvalue weighted by Crippen LogP contribution is -2.37. The first-order valence-electron chi connectivity index (χ1n) is 5.98. The molecule has 1 aromatic carbocycles. The van der Waals surface area contributed by atoms with Crippen LogP contribution in [0, 0.1) is 0 Å². The SMILES string of the molecule is CCC1(c2cccc(Cl)c2)CCCCC1=O. The molecule has 86 valence electrons. The quantitative estimate of drug-likeness (QED) is 0.755. The molecule has 0 amide bonds. The number of ketones is 1. The van der Waals surface area contributed by atoms with E-state index in [0.717, 1.165) is 42.7 Å². The van der Waals surface area contributed by atoms with Crippen LogP contribution < -0.4 is 0 Å². The van der Waals surface area contributed by atoms with Crippen LogP contribution in [-0.2, 0) is 10.2 Å². The normalized spacial score (nSPS) is 25.8. The number of carbonyl (C=O) groups excluding carboxylic acids is 1. The Bertz CT molecular complexity index is 399. The maximum Gasteiger partial charge on any atom is 0.143 e. The average Bonchev–Trinajstić information content (AvgIpc) is 2.30. The molecule has 0 spiro atoms. The van der Waals surface area contributed by atoms with E-state index in [1.54, 1.807) is 0 Å². The van der Waals surface area contributed by atoms with E-state index in [2.05, 4.69) is 6.92 Å². The average molecular weight is 237 g/mol. The van der Waals surface area contributed by atoms with Gasteiger partial charge in [0.15, 0.2) is 0 Å². The van der Waals surface area contributed by atoms with Crippen molar-refractivity contribution in [3.63, 3.8) is 0 Å². The van der Waals surface area contributed by atoms with Gasteiger partial charge in [0.2, 0.25) is 0 Å². The molecule has 1 unspecified atom stereocenters. The van der Waals surface area contributed by atoms with Crippen molar-refractivity contribution in [2.75, 3.05) is 0 Å². The van der Waals surface area contributed by atoms with Gasteiger partial charge in [-0.1, -0.05) is 37.1 Å². The fourth-order valence-electron chi connectivity index (χ4n) is 2.76. The minimum atomic E-state index is -0.261. The Labute approximate surface area is 102 Å². The second-order valence-electron chi connectivity index (χ2n) is 4.58. The summed E-state index contributed by atoms with van der Waals surface area (Å²) in [6.07, 6.45) is 4.77. The van der Waals surface area contributed by atoms with E-state index in [-0.39, 0.29) is 5.41 Å². The molecule has 0 heterocycles. The zero-order chi connectivity index (χ0) is 11.6.